The number of aryl methyl sites for hydroxylation is 1. The number of thioether (sulfide) groups is 1. The largest absolute Gasteiger partial charge is 0.400 e. The third kappa shape index (κ3) is 6.96. The second-order valence-corrected chi connectivity index (χ2v) is 8.79. The number of amides is 1. The number of hydrogen-bond donors (Lipinski definition) is 0. The number of benzene rings is 1. The number of unbranched alkanes of at least 4 members (excludes halogenated alkanes) is 1. The Labute approximate surface area is 174 Å². The number of nitrogens with zero attached hydrogens (tertiary/aromatic N) is 2. The molecule has 1 aromatic rings. The highest BCUT2D eigenvalue weighted by atomic mass is 32.2. The van der Waals surface area contributed by atoms with Gasteiger partial charge < -0.3 is 0 Å². The molecule has 1 saturated heterocycles. The van der Waals surface area contributed by atoms with Crippen molar-refractivity contribution in [1.29, 1.82) is 0 Å². The summed E-state index contributed by atoms with van der Waals surface area (Å²) in [5, 5.41) is 0.0299. The molecule has 0 N–H and O–H groups in total. The lowest BCUT2D eigenvalue weighted by molar-refractivity contribution is -0.135. The van der Waals surface area contributed by atoms with Crippen molar-refractivity contribution in [3.63, 3.8) is 0 Å². The molecule has 13 heteroatoms. The Morgan fingerprint density at radius 3 is 2.40 bits per heavy atom. The van der Waals surface area contributed by atoms with Crippen LogP contribution in [0.5, 0.6) is 0 Å². The van der Waals surface area contributed by atoms with E-state index in [1.54, 1.807) is 0 Å². The first-order chi connectivity index (χ1) is 13.8. The van der Waals surface area contributed by atoms with Gasteiger partial charge in [0.15, 0.2) is 5.17 Å². The summed E-state index contributed by atoms with van der Waals surface area (Å²) in [4.78, 5) is 16.8. The first kappa shape index (κ1) is 24.6. The molecule has 0 bridgehead atoms. The molecule has 1 aliphatic heterocycles. The Balaban J connectivity index is 2.24. The minimum Gasteiger partial charge on any atom is -0.273 e. The maximum Gasteiger partial charge on any atom is 0.400 e. The maximum atomic E-state index is 14.5. The molecule has 0 aliphatic carbocycles. The normalized spacial score (nSPS) is 17.8. The molecule has 1 aromatic carbocycles. The number of aliphatic imine (C=N–C) groups is 1. The second kappa shape index (κ2) is 9.67. The molecule has 0 radical (unpaired) electrons. The molecule has 1 amide bonds. The van der Waals surface area contributed by atoms with Crippen LogP contribution >= 0.6 is 11.8 Å². The van der Waals surface area contributed by atoms with Crippen LogP contribution in [0.2, 0.25) is 0 Å². The Hall–Kier alpha value is -1.63. The van der Waals surface area contributed by atoms with Gasteiger partial charge in [-0.2, -0.15) is 26.3 Å². The zero-order valence-electron chi connectivity index (χ0n) is 15.6. The van der Waals surface area contributed by atoms with E-state index in [1.807, 2.05) is 0 Å². The Bertz CT molecular complexity index is 854. The van der Waals surface area contributed by atoms with Crippen molar-refractivity contribution in [3.8, 4) is 0 Å². The summed E-state index contributed by atoms with van der Waals surface area (Å²) in [6, 6.07) is 1.81. The van der Waals surface area contributed by atoms with Gasteiger partial charge in [0, 0.05) is 17.9 Å². The highest BCUT2D eigenvalue weighted by molar-refractivity contribution is 8.15. The quantitative estimate of drug-likeness (QED) is 0.411. The third-order valence-corrected chi connectivity index (χ3v) is 6.39. The fraction of sp³-hybridized carbons (Fsp3) is 0.529. The summed E-state index contributed by atoms with van der Waals surface area (Å²) in [6.07, 6.45) is -10.0. The lowest BCUT2D eigenvalue weighted by Crippen LogP contribution is -2.30. The van der Waals surface area contributed by atoms with E-state index in [2.05, 4.69) is 4.99 Å². The molecule has 30 heavy (non-hydrogen) atoms. The van der Waals surface area contributed by atoms with Crippen LogP contribution in [0.4, 0.5) is 36.4 Å². The molecular formula is C17H17F7N2O2S2. The molecule has 1 unspecified atom stereocenters. The topological polar surface area (TPSA) is 49.7 Å². The fourth-order valence-corrected chi connectivity index (χ4v) is 4.62. The number of hydrogen-bond acceptors (Lipinski definition) is 4. The van der Waals surface area contributed by atoms with E-state index in [0.717, 1.165) is 28.8 Å². The Kier molecular flexibility index (Phi) is 7.94. The first-order valence-corrected chi connectivity index (χ1v) is 10.9. The number of carbonyl (C=O) groups is 1. The molecule has 1 atom stereocenters. The van der Waals surface area contributed by atoms with E-state index >= 15 is 0 Å². The van der Waals surface area contributed by atoms with E-state index in [1.165, 1.54) is 6.92 Å². The average molecular weight is 478 g/mol. The van der Waals surface area contributed by atoms with Crippen molar-refractivity contribution < 1.29 is 39.7 Å². The Morgan fingerprint density at radius 2 is 1.80 bits per heavy atom. The van der Waals surface area contributed by atoms with Crippen molar-refractivity contribution in [2.75, 3.05) is 23.0 Å². The zero-order chi connectivity index (χ0) is 22.7. The van der Waals surface area contributed by atoms with Crippen LogP contribution in [0.1, 0.15) is 24.8 Å². The van der Waals surface area contributed by atoms with E-state index in [9.17, 15) is 39.7 Å². The number of carbonyl (C=O) groups excluding carboxylic acids is 1. The van der Waals surface area contributed by atoms with E-state index in [0.29, 0.717) is 0 Å². The molecule has 1 fully saturated rings. The molecular weight excluding hydrogens is 461 g/mol. The van der Waals surface area contributed by atoms with Gasteiger partial charge in [-0.25, -0.2) is 4.39 Å². The average Bonchev–Trinajstić information content (AvgIpc) is 2.92. The summed E-state index contributed by atoms with van der Waals surface area (Å²) in [5.41, 5.74) is -0.362. The van der Waals surface area contributed by atoms with E-state index in [-0.39, 0.29) is 40.8 Å². The fourth-order valence-electron chi connectivity index (χ4n) is 2.61. The highest BCUT2D eigenvalue weighted by Crippen LogP contribution is 2.33. The van der Waals surface area contributed by atoms with Crippen LogP contribution in [0.15, 0.2) is 22.0 Å². The lowest BCUT2D eigenvalue weighted by atomic mass is 10.2. The monoisotopic (exact) mass is 478 g/mol. The van der Waals surface area contributed by atoms with Gasteiger partial charge in [-0.05, 0) is 37.5 Å². The molecule has 0 aromatic heterocycles. The first-order valence-electron chi connectivity index (χ1n) is 8.61. The van der Waals surface area contributed by atoms with Gasteiger partial charge in [-0.3, -0.25) is 18.9 Å². The van der Waals surface area contributed by atoms with Crippen molar-refractivity contribution >= 4 is 39.3 Å². The van der Waals surface area contributed by atoms with Crippen molar-refractivity contribution in [3.05, 3.63) is 23.5 Å². The van der Waals surface area contributed by atoms with E-state index in [4.69, 9.17) is 0 Å². The number of amidine groups is 1. The lowest BCUT2D eigenvalue weighted by Gasteiger charge is -2.19. The minimum atomic E-state index is -4.70. The van der Waals surface area contributed by atoms with Crippen LogP contribution in [-0.2, 0) is 15.6 Å². The van der Waals surface area contributed by atoms with Gasteiger partial charge in [0.05, 0.1) is 22.2 Å². The second-order valence-electron chi connectivity index (χ2n) is 6.43. The summed E-state index contributed by atoms with van der Waals surface area (Å²) in [7, 11) is -2.51. The molecule has 168 valence electrons. The zero-order valence-corrected chi connectivity index (χ0v) is 17.2. The molecule has 1 heterocycles. The molecule has 0 saturated carbocycles. The minimum absolute atomic E-state index is 0.0299. The van der Waals surface area contributed by atoms with Crippen LogP contribution in [-0.4, -0.2) is 45.7 Å². The van der Waals surface area contributed by atoms with Gasteiger partial charge in [-0.1, -0.05) is 11.8 Å². The van der Waals surface area contributed by atoms with Gasteiger partial charge in [0.1, 0.15) is 11.6 Å². The van der Waals surface area contributed by atoms with E-state index < -0.39 is 52.7 Å². The predicted octanol–water partition coefficient (Wildman–Crippen LogP) is 4.97. The van der Waals surface area contributed by atoms with Gasteiger partial charge in [-0.15, -0.1) is 0 Å². The molecule has 0 spiro atoms. The number of rotatable bonds is 7. The summed E-state index contributed by atoms with van der Waals surface area (Å²) in [6.45, 7) is 1.26. The SMILES string of the molecule is Cc1cc(F)c(N2C(=O)CSC2=NCCCCC(F)(F)F)cc1S(=O)CC(F)(F)F. The number of anilines is 1. The molecule has 2 rings (SSSR count). The molecule has 1 aliphatic rings. The number of halogens is 7. The number of alkyl halides is 6. The van der Waals surface area contributed by atoms with Crippen molar-refractivity contribution in [2.45, 2.75) is 43.4 Å². The smallest absolute Gasteiger partial charge is 0.273 e. The highest BCUT2D eigenvalue weighted by Gasteiger charge is 2.35. The third-order valence-electron chi connectivity index (χ3n) is 3.91. The van der Waals surface area contributed by atoms with Crippen LogP contribution in [0, 0.1) is 12.7 Å². The maximum absolute atomic E-state index is 14.5. The van der Waals surface area contributed by atoms with Crippen molar-refractivity contribution in [2.24, 2.45) is 4.99 Å². The van der Waals surface area contributed by atoms with Gasteiger partial charge >= 0.3 is 12.4 Å². The summed E-state index contributed by atoms with van der Waals surface area (Å²) < 4.78 is 101. The van der Waals surface area contributed by atoms with Crippen LogP contribution in [0.25, 0.3) is 0 Å². The predicted molar refractivity (Wildman–Crippen MR) is 101 cm³/mol. The van der Waals surface area contributed by atoms with Crippen molar-refractivity contribution in [1.82, 2.24) is 0 Å². The standard InChI is InChI=1S/C17H17F7N2O2S2/c1-10-6-11(18)12(7-13(10)30(28)9-17(22,23)24)26-14(27)8-29-15(26)25-5-3-2-4-16(19,20)21/h6-7H,2-5,8-9H2,1H3. The van der Waals surface area contributed by atoms with Crippen LogP contribution in [0.3, 0.4) is 0 Å². The molecule has 4 nitrogen and oxygen atoms in total. The summed E-state index contributed by atoms with van der Waals surface area (Å²) >= 11 is 0.936. The Morgan fingerprint density at radius 1 is 1.13 bits per heavy atom. The van der Waals surface area contributed by atoms with Gasteiger partial charge in [0.2, 0.25) is 5.91 Å². The van der Waals surface area contributed by atoms with Gasteiger partial charge in [0.25, 0.3) is 0 Å². The van der Waals surface area contributed by atoms with Crippen LogP contribution < -0.4 is 4.90 Å². The summed E-state index contributed by atoms with van der Waals surface area (Å²) in [5.74, 6) is -3.25.